The minimum absolute atomic E-state index is 0.384. The number of fused-ring (bicyclic) bond motifs is 1. The van der Waals surface area contributed by atoms with Gasteiger partial charge in [-0.05, 0) is 48.7 Å². The van der Waals surface area contributed by atoms with Crippen LogP contribution in [0.1, 0.15) is 29.2 Å². The zero-order valence-corrected chi connectivity index (χ0v) is 19.5. The van der Waals surface area contributed by atoms with Crippen LogP contribution in [0.25, 0.3) is 10.9 Å². The standard InChI is InChI=1S/C28H30N2O4/c1-3-33-27-14-20(11-12-26(27)34-18-21-8-6-7-19(2)13-21)16-29-25(28(31)32)15-22-17-30-24-10-5-4-9-23(22)24/h4-14,17,25,29-30H,3,15-16,18H2,1-2H3,(H,31,32). The highest BCUT2D eigenvalue weighted by Gasteiger charge is 2.19. The predicted octanol–water partition coefficient (Wildman–Crippen LogP) is 5.24. The molecule has 0 amide bonds. The highest BCUT2D eigenvalue weighted by molar-refractivity contribution is 5.84. The van der Waals surface area contributed by atoms with Crippen molar-refractivity contribution >= 4 is 16.9 Å². The molecule has 176 valence electrons. The number of carboxylic acids is 1. The Balaban J connectivity index is 1.43. The van der Waals surface area contributed by atoms with Gasteiger partial charge < -0.3 is 24.9 Å². The molecule has 0 aliphatic rings. The fourth-order valence-electron chi connectivity index (χ4n) is 4.02. The summed E-state index contributed by atoms with van der Waals surface area (Å²) < 4.78 is 11.8. The van der Waals surface area contributed by atoms with E-state index >= 15 is 0 Å². The number of hydrogen-bond donors (Lipinski definition) is 3. The number of carboxylic acid groups (broad SMARTS) is 1. The van der Waals surface area contributed by atoms with Crippen LogP contribution in [0.5, 0.6) is 11.5 Å². The van der Waals surface area contributed by atoms with Crippen LogP contribution in [-0.4, -0.2) is 28.7 Å². The predicted molar refractivity (Wildman–Crippen MR) is 133 cm³/mol. The Morgan fingerprint density at radius 2 is 1.85 bits per heavy atom. The molecule has 0 aliphatic heterocycles. The van der Waals surface area contributed by atoms with E-state index in [9.17, 15) is 9.90 Å². The van der Waals surface area contributed by atoms with Crippen LogP contribution in [0, 0.1) is 6.92 Å². The van der Waals surface area contributed by atoms with E-state index in [-0.39, 0.29) is 0 Å². The summed E-state index contributed by atoms with van der Waals surface area (Å²) in [4.78, 5) is 15.1. The number of aromatic amines is 1. The Morgan fingerprint density at radius 1 is 1.00 bits per heavy atom. The lowest BCUT2D eigenvalue weighted by Crippen LogP contribution is -2.38. The second-order valence-electron chi connectivity index (χ2n) is 8.33. The van der Waals surface area contributed by atoms with Crippen molar-refractivity contribution in [2.45, 2.75) is 39.5 Å². The quantitative estimate of drug-likeness (QED) is 0.286. The molecule has 3 aromatic carbocycles. The molecule has 0 fully saturated rings. The van der Waals surface area contributed by atoms with Gasteiger partial charge in [0.2, 0.25) is 0 Å². The molecule has 4 aromatic rings. The number of para-hydroxylation sites is 1. The van der Waals surface area contributed by atoms with Crippen molar-refractivity contribution in [2.24, 2.45) is 0 Å². The normalized spacial score (nSPS) is 11.9. The summed E-state index contributed by atoms with van der Waals surface area (Å²) in [6.07, 6.45) is 2.27. The van der Waals surface area contributed by atoms with Crippen molar-refractivity contribution in [3.63, 3.8) is 0 Å². The SMILES string of the molecule is CCOc1cc(CNC(Cc2c[nH]c3ccccc23)C(=O)O)ccc1OCc1cccc(C)c1. The van der Waals surface area contributed by atoms with Gasteiger partial charge in [-0.1, -0.05) is 54.1 Å². The minimum Gasteiger partial charge on any atom is -0.490 e. The molecule has 0 aliphatic carbocycles. The molecule has 0 radical (unpaired) electrons. The number of hydrogen-bond acceptors (Lipinski definition) is 4. The second-order valence-corrected chi connectivity index (χ2v) is 8.33. The summed E-state index contributed by atoms with van der Waals surface area (Å²) in [7, 11) is 0. The summed E-state index contributed by atoms with van der Waals surface area (Å²) >= 11 is 0. The number of ether oxygens (including phenoxy) is 2. The number of benzene rings is 3. The smallest absolute Gasteiger partial charge is 0.321 e. The molecule has 6 nitrogen and oxygen atoms in total. The van der Waals surface area contributed by atoms with Gasteiger partial charge in [0.25, 0.3) is 0 Å². The Bertz CT molecular complexity index is 1260. The molecule has 1 heterocycles. The Morgan fingerprint density at radius 3 is 2.65 bits per heavy atom. The van der Waals surface area contributed by atoms with Crippen molar-refractivity contribution < 1.29 is 19.4 Å². The topological polar surface area (TPSA) is 83.6 Å². The fraction of sp³-hybridized carbons (Fsp3) is 0.250. The third kappa shape index (κ3) is 5.77. The molecule has 0 spiro atoms. The van der Waals surface area contributed by atoms with Crippen molar-refractivity contribution in [1.29, 1.82) is 0 Å². The first kappa shape index (κ1) is 23.4. The van der Waals surface area contributed by atoms with Gasteiger partial charge in [-0.25, -0.2) is 0 Å². The summed E-state index contributed by atoms with van der Waals surface area (Å²) in [6.45, 7) is 5.34. The first-order valence-electron chi connectivity index (χ1n) is 11.5. The van der Waals surface area contributed by atoms with Gasteiger partial charge in [-0.2, -0.15) is 0 Å². The molecule has 6 heteroatoms. The van der Waals surface area contributed by atoms with Crippen molar-refractivity contribution in [3.05, 3.63) is 95.2 Å². The fourth-order valence-corrected chi connectivity index (χ4v) is 4.02. The average molecular weight is 459 g/mol. The number of aliphatic carboxylic acids is 1. The maximum atomic E-state index is 11.9. The van der Waals surface area contributed by atoms with Crippen LogP contribution in [0.4, 0.5) is 0 Å². The molecule has 0 saturated heterocycles. The van der Waals surface area contributed by atoms with Crippen LogP contribution in [0.3, 0.4) is 0 Å². The highest BCUT2D eigenvalue weighted by Crippen LogP contribution is 2.29. The van der Waals surface area contributed by atoms with E-state index in [1.165, 1.54) is 5.56 Å². The number of nitrogens with one attached hydrogen (secondary N) is 2. The largest absolute Gasteiger partial charge is 0.490 e. The number of rotatable bonds is 11. The first-order chi connectivity index (χ1) is 16.5. The van der Waals surface area contributed by atoms with Gasteiger partial charge in [0.05, 0.1) is 6.61 Å². The van der Waals surface area contributed by atoms with Gasteiger partial charge in [0, 0.05) is 30.1 Å². The van der Waals surface area contributed by atoms with E-state index in [0.717, 1.165) is 27.6 Å². The molecule has 1 atom stereocenters. The van der Waals surface area contributed by atoms with E-state index in [1.54, 1.807) is 0 Å². The van der Waals surface area contributed by atoms with Gasteiger partial charge in [0.1, 0.15) is 12.6 Å². The molecular weight excluding hydrogens is 428 g/mol. The summed E-state index contributed by atoms with van der Waals surface area (Å²) in [5.74, 6) is 0.437. The number of H-pyrrole nitrogens is 1. The van der Waals surface area contributed by atoms with E-state index in [4.69, 9.17) is 9.47 Å². The maximum absolute atomic E-state index is 11.9. The lowest BCUT2D eigenvalue weighted by atomic mass is 10.0. The summed E-state index contributed by atoms with van der Waals surface area (Å²) in [6, 6.07) is 21.1. The summed E-state index contributed by atoms with van der Waals surface area (Å²) in [5.41, 5.74) is 5.19. The van der Waals surface area contributed by atoms with Crippen molar-refractivity contribution in [1.82, 2.24) is 10.3 Å². The van der Waals surface area contributed by atoms with Crippen LogP contribution < -0.4 is 14.8 Å². The van der Waals surface area contributed by atoms with E-state index in [2.05, 4.69) is 29.4 Å². The van der Waals surface area contributed by atoms with E-state index in [1.807, 2.05) is 67.7 Å². The highest BCUT2D eigenvalue weighted by atomic mass is 16.5. The van der Waals surface area contributed by atoms with Gasteiger partial charge in [-0.3, -0.25) is 4.79 Å². The Kier molecular flexibility index (Phi) is 7.50. The van der Waals surface area contributed by atoms with Gasteiger partial charge >= 0.3 is 5.97 Å². The second kappa shape index (κ2) is 10.9. The Labute approximate surface area is 199 Å². The first-order valence-corrected chi connectivity index (χ1v) is 11.5. The van der Waals surface area contributed by atoms with Crippen LogP contribution in [0.2, 0.25) is 0 Å². The summed E-state index contributed by atoms with van der Waals surface area (Å²) in [5, 5.41) is 14.0. The van der Waals surface area contributed by atoms with Crippen molar-refractivity contribution in [3.8, 4) is 11.5 Å². The molecular formula is C28H30N2O4. The molecule has 4 rings (SSSR count). The molecule has 1 aromatic heterocycles. The molecule has 0 bridgehead atoms. The van der Waals surface area contributed by atoms with Gasteiger partial charge in [0.15, 0.2) is 11.5 Å². The Hall–Kier alpha value is -3.77. The average Bonchev–Trinajstić information content (AvgIpc) is 3.24. The van der Waals surface area contributed by atoms with Crippen molar-refractivity contribution in [2.75, 3.05) is 6.61 Å². The lowest BCUT2D eigenvalue weighted by molar-refractivity contribution is -0.139. The van der Waals surface area contributed by atoms with Crippen LogP contribution in [-0.2, 0) is 24.4 Å². The zero-order chi connectivity index (χ0) is 23.9. The molecule has 0 saturated carbocycles. The number of carbonyl (C=O) groups is 1. The zero-order valence-electron chi connectivity index (χ0n) is 19.5. The lowest BCUT2D eigenvalue weighted by Gasteiger charge is -2.16. The minimum atomic E-state index is -0.881. The molecule has 34 heavy (non-hydrogen) atoms. The molecule has 3 N–H and O–H groups in total. The molecule has 1 unspecified atom stereocenters. The number of aryl methyl sites for hydroxylation is 1. The monoisotopic (exact) mass is 458 g/mol. The third-order valence-corrected chi connectivity index (χ3v) is 5.73. The van der Waals surface area contributed by atoms with Gasteiger partial charge in [-0.15, -0.1) is 0 Å². The number of aromatic nitrogens is 1. The van der Waals surface area contributed by atoms with Crippen LogP contribution in [0.15, 0.2) is 72.9 Å². The van der Waals surface area contributed by atoms with E-state index in [0.29, 0.717) is 37.7 Å². The van der Waals surface area contributed by atoms with Crippen LogP contribution >= 0.6 is 0 Å². The maximum Gasteiger partial charge on any atom is 0.321 e. The third-order valence-electron chi connectivity index (χ3n) is 5.73. The van der Waals surface area contributed by atoms with E-state index < -0.39 is 12.0 Å².